The summed E-state index contributed by atoms with van der Waals surface area (Å²) in [5.74, 6) is 0.707. The summed E-state index contributed by atoms with van der Waals surface area (Å²) in [7, 11) is 0. The summed E-state index contributed by atoms with van der Waals surface area (Å²) >= 11 is 0. The smallest absolute Gasteiger partial charge is 0.387 e. The second kappa shape index (κ2) is 5.03. The quantitative estimate of drug-likeness (QED) is 0.910. The first kappa shape index (κ1) is 12.3. The van der Waals surface area contributed by atoms with Gasteiger partial charge < -0.3 is 10.5 Å². The van der Waals surface area contributed by atoms with Crippen LogP contribution in [-0.2, 0) is 6.54 Å². The highest BCUT2D eigenvalue weighted by molar-refractivity contribution is 5.33. The molecule has 1 aromatic carbocycles. The third-order valence-corrected chi connectivity index (χ3v) is 2.41. The number of halogens is 2. The molecule has 18 heavy (non-hydrogen) atoms. The van der Waals surface area contributed by atoms with Crippen molar-refractivity contribution in [3.8, 4) is 5.75 Å². The Morgan fingerprint density at radius 3 is 2.50 bits per heavy atom. The standard InChI is InChI=1S/C12H13F2N3O/c1-8-6-11(15)17(16-8)7-9-2-4-10(5-3-9)18-12(13)14/h2-6,12H,7,15H2,1H3. The minimum Gasteiger partial charge on any atom is -0.435 e. The van der Waals surface area contributed by atoms with Crippen molar-refractivity contribution in [1.82, 2.24) is 9.78 Å². The first-order valence-corrected chi connectivity index (χ1v) is 5.38. The molecule has 96 valence electrons. The number of alkyl halides is 2. The van der Waals surface area contributed by atoms with Gasteiger partial charge in [0.05, 0.1) is 12.2 Å². The monoisotopic (exact) mass is 253 g/mol. The number of nitrogens with zero attached hydrogens (tertiary/aromatic N) is 2. The summed E-state index contributed by atoms with van der Waals surface area (Å²) in [6, 6.07) is 8.17. The van der Waals surface area contributed by atoms with Crippen LogP contribution in [0.15, 0.2) is 30.3 Å². The Labute approximate surface area is 103 Å². The van der Waals surface area contributed by atoms with Crippen molar-refractivity contribution in [1.29, 1.82) is 0 Å². The number of hydrogen-bond acceptors (Lipinski definition) is 3. The third kappa shape index (κ3) is 2.97. The van der Waals surface area contributed by atoms with Crippen molar-refractivity contribution in [3.05, 3.63) is 41.6 Å². The molecule has 0 spiro atoms. The molecule has 0 saturated carbocycles. The molecule has 0 unspecified atom stereocenters. The van der Waals surface area contributed by atoms with Gasteiger partial charge in [-0.1, -0.05) is 12.1 Å². The largest absolute Gasteiger partial charge is 0.435 e. The van der Waals surface area contributed by atoms with E-state index in [1.165, 1.54) is 12.1 Å². The summed E-state index contributed by atoms with van der Waals surface area (Å²) in [5, 5.41) is 4.22. The van der Waals surface area contributed by atoms with Gasteiger partial charge in [-0.3, -0.25) is 0 Å². The summed E-state index contributed by atoms with van der Waals surface area (Å²) < 4.78 is 29.9. The lowest BCUT2D eigenvalue weighted by atomic mass is 10.2. The van der Waals surface area contributed by atoms with Crippen LogP contribution in [0.25, 0.3) is 0 Å². The fourth-order valence-electron chi connectivity index (χ4n) is 1.64. The molecule has 0 aliphatic heterocycles. The SMILES string of the molecule is Cc1cc(N)n(Cc2ccc(OC(F)F)cc2)n1. The van der Waals surface area contributed by atoms with E-state index in [0.717, 1.165) is 11.3 Å². The zero-order valence-electron chi connectivity index (χ0n) is 9.81. The number of nitrogens with two attached hydrogens (primary N) is 1. The third-order valence-electron chi connectivity index (χ3n) is 2.41. The van der Waals surface area contributed by atoms with Crippen LogP contribution in [0.2, 0.25) is 0 Å². The maximum Gasteiger partial charge on any atom is 0.387 e. The lowest BCUT2D eigenvalue weighted by Gasteiger charge is -2.07. The van der Waals surface area contributed by atoms with Gasteiger partial charge in [0.25, 0.3) is 0 Å². The van der Waals surface area contributed by atoms with Crippen molar-refractivity contribution in [2.45, 2.75) is 20.1 Å². The number of hydrogen-bond donors (Lipinski definition) is 1. The molecule has 0 bridgehead atoms. The minimum atomic E-state index is -2.81. The second-order valence-corrected chi connectivity index (χ2v) is 3.89. The molecule has 2 aromatic rings. The van der Waals surface area contributed by atoms with Crippen LogP contribution in [0.1, 0.15) is 11.3 Å². The van der Waals surface area contributed by atoms with Crippen molar-refractivity contribution in [3.63, 3.8) is 0 Å². The normalized spacial score (nSPS) is 10.9. The molecule has 4 nitrogen and oxygen atoms in total. The molecular weight excluding hydrogens is 240 g/mol. The number of anilines is 1. The van der Waals surface area contributed by atoms with E-state index in [2.05, 4.69) is 9.84 Å². The van der Waals surface area contributed by atoms with Gasteiger partial charge in [0.15, 0.2) is 0 Å². The average molecular weight is 253 g/mol. The van der Waals surface area contributed by atoms with Crippen LogP contribution >= 0.6 is 0 Å². The fourth-order valence-corrected chi connectivity index (χ4v) is 1.64. The first-order valence-electron chi connectivity index (χ1n) is 5.38. The maximum absolute atomic E-state index is 12.0. The van der Waals surface area contributed by atoms with Gasteiger partial charge in [-0.25, -0.2) is 4.68 Å². The van der Waals surface area contributed by atoms with E-state index in [0.29, 0.717) is 12.4 Å². The topological polar surface area (TPSA) is 53.1 Å². The maximum atomic E-state index is 12.0. The highest BCUT2D eigenvalue weighted by Gasteiger charge is 2.05. The molecular formula is C12H13F2N3O. The molecule has 2 N–H and O–H groups in total. The number of ether oxygens (including phenoxy) is 1. The van der Waals surface area contributed by atoms with E-state index >= 15 is 0 Å². The first-order chi connectivity index (χ1) is 8.54. The van der Waals surface area contributed by atoms with E-state index in [1.807, 2.05) is 6.92 Å². The van der Waals surface area contributed by atoms with Gasteiger partial charge in [0.2, 0.25) is 0 Å². The second-order valence-electron chi connectivity index (χ2n) is 3.89. The Hall–Kier alpha value is -2.11. The Kier molecular flexibility index (Phi) is 3.45. The zero-order valence-corrected chi connectivity index (χ0v) is 9.81. The van der Waals surface area contributed by atoms with Gasteiger partial charge in [-0.2, -0.15) is 13.9 Å². The summed E-state index contributed by atoms with van der Waals surface area (Å²) in [6.07, 6.45) is 0. The van der Waals surface area contributed by atoms with E-state index in [4.69, 9.17) is 5.73 Å². The lowest BCUT2D eigenvalue weighted by molar-refractivity contribution is -0.0498. The van der Waals surface area contributed by atoms with E-state index in [-0.39, 0.29) is 5.75 Å². The lowest BCUT2D eigenvalue weighted by Crippen LogP contribution is -2.06. The zero-order chi connectivity index (χ0) is 13.1. The van der Waals surface area contributed by atoms with Crippen molar-refractivity contribution in [2.24, 2.45) is 0 Å². The number of benzene rings is 1. The van der Waals surface area contributed by atoms with Gasteiger partial charge in [0, 0.05) is 6.07 Å². The van der Waals surface area contributed by atoms with Gasteiger partial charge in [-0.05, 0) is 24.6 Å². The Morgan fingerprint density at radius 2 is 2.00 bits per heavy atom. The molecule has 1 heterocycles. The highest BCUT2D eigenvalue weighted by Crippen LogP contribution is 2.16. The van der Waals surface area contributed by atoms with Crippen LogP contribution in [0, 0.1) is 6.92 Å². The summed E-state index contributed by atoms with van der Waals surface area (Å²) in [5.41, 5.74) is 7.51. The summed E-state index contributed by atoms with van der Waals surface area (Å²) in [6.45, 7) is -0.457. The van der Waals surface area contributed by atoms with Crippen LogP contribution in [0.4, 0.5) is 14.6 Å². The molecule has 0 atom stereocenters. The molecule has 0 amide bonds. The van der Waals surface area contributed by atoms with E-state index in [1.54, 1.807) is 22.9 Å². The molecule has 2 rings (SSSR count). The summed E-state index contributed by atoms with van der Waals surface area (Å²) in [4.78, 5) is 0. The molecule has 0 fully saturated rings. The van der Waals surface area contributed by atoms with Gasteiger partial charge >= 0.3 is 6.61 Å². The molecule has 0 aliphatic carbocycles. The predicted octanol–water partition coefficient (Wildman–Crippen LogP) is 2.42. The van der Waals surface area contributed by atoms with Crippen LogP contribution < -0.4 is 10.5 Å². The predicted molar refractivity (Wildman–Crippen MR) is 63.6 cm³/mol. The Morgan fingerprint density at radius 1 is 1.33 bits per heavy atom. The molecule has 0 saturated heterocycles. The molecule has 0 aliphatic rings. The minimum absolute atomic E-state index is 0.137. The van der Waals surface area contributed by atoms with Crippen molar-refractivity contribution >= 4 is 5.82 Å². The van der Waals surface area contributed by atoms with Crippen molar-refractivity contribution in [2.75, 3.05) is 5.73 Å². The van der Waals surface area contributed by atoms with Gasteiger partial charge in [-0.15, -0.1) is 0 Å². The Balaban J connectivity index is 2.08. The van der Waals surface area contributed by atoms with Crippen LogP contribution in [0.3, 0.4) is 0 Å². The number of aryl methyl sites for hydroxylation is 1. The molecule has 1 aromatic heterocycles. The number of rotatable bonds is 4. The van der Waals surface area contributed by atoms with Crippen LogP contribution in [0.5, 0.6) is 5.75 Å². The molecule has 0 radical (unpaired) electrons. The molecule has 6 heteroatoms. The number of aromatic nitrogens is 2. The van der Waals surface area contributed by atoms with Gasteiger partial charge in [0.1, 0.15) is 11.6 Å². The average Bonchev–Trinajstić information content (AvgIpc) is 2.59. The fraction of sp³-hybridized carbons (Fsp3) is 0.250. The van der Waals surface area contributed by atoms with E-state index < -0.39 is 6.61 Å². The van der Waals surface area contributed by atoms with E-state index in [9.17, 15) is 8.78 Å². The Bertz CT molecular complexity index is 523. The highest BCUT2D eigenvalue weighted by atomic mass is 19.3. The van der Waals surface area contributed by atoms with Crippen molar-refractivity contribution < 1.29 is 13.5 Å². The number of nitrogen functional groups attached to an aromatic ring is 1. The van der Waals surface area contributed by atoms with Crippen LogP contribution in [-0.4, -0.2) is 16.4 Å².